The Bertz CT molecular complexity index is 681. The number of aromatic amines is 1. The molecule has 0 aliphatic rings. The van der Waals surface area contributed by atoms with Gasteiger partial charge in [0.1, 0.15) is 0 Å². The number of allylic oxidation sites excluding steroid dienone is 1. The van der Waals surface area contributed by atoms with Gasteiger partial charge in [0.2, 0.25) is 0 Å². The SMILES string of the molecule is C=CCCC[C@H](NC(=O)c1cn[nH]c1)c1cccc(C(F)(F)F)c1. The lowest BCUT2D eigenvalue weighted by atomic mass is 9.98. The van der Waals surface area contributed by atoms with Crippen LogP contribution in [0.25, 0.3) is 0 Å². The zero-order valence-electron chi connectivity index (χ0n) is 12.9. The van der Waals surface area contributed by atoms with Crippen LogP contribution in [0.3, 0.4) is 0 Å². The van der Waals surface area contributed by atoms with Crippen molar-refractivity contribution >= 4 is 5.91 Å². The number of carbonyl (C=O) groups is 1. The van der Waals surface area contributed by atoms with Crippen LogP contribution in [-0.2, 0) is 6.18 Å². The van der Waals surface area contributed by atoms with Crippen molar-refractivity contribution in [2.75, 3.05) is 0 Å². The van der Waals surface area contributed by atoms with E-state index < -0.39 is 17.8 Å². The van der Waals surface area contributed by atoms with Crippen molar-refractivity contribution < 1.29 is 18.0 Å². The van der Waals surface area contributed by atoms with Gasteiger partial charge in [0.15, 0.2) is 0 Å². The highest BCUT2D eigenvalue weighted by Crippen LogP contribution is 2.31. The summed E-state index contributed by atoms with van der Waals surface area (Å²) in [6.07, 6.45) is 2.05. The van der Waals surface area contributed by atoms with Gasteiger partial charge < -0.3 is 5.32 Å². The Hall–Kier alpha value is -2.57. The molecule has 4 nitrogen and oxygen atoms in total. The van der Waals surface area contributed by atoms with Crippen molar-refractivity contribution in [3.05, 3.63) is 66.0 Å². The number of amides is 1. The normalized spacial score (nSPS) is 12.6. The first-order valence-electron chi connectivity index (χ1n) is 7.49. The summed E-state index contributed by atoms with van der Waals surface area (Å²) in [6.45, 7) is 3.63. The minimum atomic E-state index is -4.42. The number of rotatable bonds is 7. The predicted octanol–water partition coefficient (Wildman–Crippen LogP) is 4.26. The molecule has 1 atom stereocenters. The van der Waals surface area contributed by atoms with Gasteiger partial charge in [-0.2, -0.15) is 18.3 Å². The maximum Gasteiger partial charge on any atom is 0.416 e. The maximum absolute atomic E-state index is 12.9. The summed E-state index contributed by atoms with van der Waals surface area (Å²) in [5.74, 6) is -0.384. The fourth-order valence-electron chi connectivity index (χ4n) is 2.34. The van der Waals surface area contributed by atoms with E-state index in [1.54, 1.807) is 12.1 Å². The number of hydrogen-bond acceptors (Lipinski definition) is 2. The monoisotopic (exact) mass is 337 g/mol. The number of nitrogens with zero attached hydrogens (tertiary/aromatic N) is 1. The molecule has 0 spiro atoms. The number of nitrogens with one attached hydrogen (secondary N) is 2. The molecule has 1 aromatic carbocycles. The third kappa shape index (κ3) is 4.71. The fourth-order valence-corrected chi connectivity index (χ4v) is 2.34. The van der Waals surface area contributed by atoms with Crippen molar-refractivity contribution in [3.63, 3.8) is 0 Å². The van der Waals surface area contributed by atoms with Crippen LogP contribution in [0, 0.1) is 0 Å². The molecular formula is C17H18F3N3O. The van der Waals surface area contributed by atoms with E-state index in [2.05, 4.69) is 22.1 Å². The Morgan fingerprint density at radius 3 is 2.83 bits per heavy atom. The summed E-state index contributed by atoms with van der Waals surface area (Å²) in [6, 6.07) is 4.51. The highest BCUT2D eigenvalue weighted by molar-refractivity contribution is 5.93. The minimum absolute atomic E-state index is 0.329. The lowest BCUT2D eigenvalue weighted by molar-refractivity contribution is -0.137. The number of hydrogen-bond donors (Lipinski definition) is 2. The van der Waals surface area contributed by atoms with Gasteiger partial charge in [-0.15, -0.1) is 6.58 Å². The molecule has 0 bridgehead atoms. The molecule has 2 rings (SSSR count). The van der Waals surface area contributed by atoms with E-state index in [-0.39, 0.29) is 5.91 Å². The fraction of sp³-hybridized carbons (Fsp3) is 0.294. The van der Waals surface area contributed by atoms with Gasteiger partial charge in [0, 0.05) is 6.20 Å². The molecule has 2 N–H and O–H groups in total. The molecular weight excluding hydrogens is 319 g/mol. The van der Waals surface area contributed by atoms with Crippen molar-refractivity contribution in [1.82, 2.24) is 15.5 Å². The first-order chi connectivity index (χ1) is 11.4. The average Bonchev–Trinajstić information content (AvgIpc) is 3.08. The lowest BCUT2D eigenvalue weighted by Crippen LogP contribution is -2.28. The van der Waals surface area contributed by atoms with Gasteiger partial charge in [-0.25, -0.2) is 0 Å². The summed E-state index contributed by atoms with van der Waals surface area (Å²) in [5.41, 5.74) is 0.0210. The molecule has 0 aliphatic carbocycles. The average molecular weight is 337 g/mol. The number of alkyl halides is 3. The van der Waals surface area contributed by atoms with Crippen LogP contribution < -0.4 is 5.32 Å². The molecule has 0 saturated heterocycles. The van der Waals surface area contributed by atoms with Crippen LogP contribution in [-0.4, -0.2) is 16.1 Å². The van der Waals surface area contributed by atoms with Crippen LogP contribution in [0.4, 0.5) is 13.2 Å². The van der Waals surface area contributed by atoms with Gasteiger partial charge in [-0.1, -0.05) is 18.2 Å². The first-order valence-corrected chi connectivity index (χ1v) is 7.49. The van der Waals surface area contributed by atoms with E-state index in [1.807, 2.05) is 0 Å². The second kappa shape index (κ2) is 7.81. The van der Waals surface area contributed by atoms with Crippen molar-refractivity contribution in [2.45, 2.75) is 31.5 Å². The summed E-state index contributed by atoms with van der Waals surface area (Å²) in [7, 11) is 0. The van der Waals surface area contributed by atoms with Crippen LogP contribution in [0.1, 0.15) is 46.8 Å². The number of carbonyl (C=O) groups excluding carboxylic acids is 1. The van der Waals surface area contributed by atoms with Gasteiger partial charge in [0.05, 0.1) is 23.4 Å². The Balaban J connectivity index is 2.22. The summed E-state index contributed by atoms with van der Waals surface area (Å²) < 4.78 is 38.7. The Morgan fingerprint density at radius 2 is 2.21 bits per heavy atom. The molecule has 0 fully saturated rings. The number of unbranched alkanes of at least 4 members (excludes halogenated alkanes) is 1. The highest BCUT2D eigenvalue weighted by atomic mass is 19.4. The number of aromatic nitrogens is 2. The third-order valence-electron chi connectivity index (χ3n) is 3.58. The second-order valence-electron chi connectivity index (χ2n) is 5.36. The van der Waals surface area contributed by atoms with Crippen LogP contribution >= 0.6 is 0 Å². The number of H-pyrrole nitrogens is 1. The quantitative estimate of drug-likeness (QED) is 0.586. The van der Waals surface area contributed by atoms with Gasteiger partial charge in [0.25, 0.3) is 5.91 Å². The van der Waals surface area contributed by atoms with Gasteiger partial charge >= 0.3 is 6.18 Å². The molecule has 0 radical (unpaired) electrons. The van der Waals surface area contributed by atoms with Gasteiger partial charge in [-0.05, 0) is 37.0 Å². The molecule has 0 aliphatic heterocycles. The summed E-state index contributed by atoms with van der Waals surface area (Å²) in [5, 5.41) is 9.00. The Labute approximate surface area is 137 Å². The number of benzene rings is 1. The predicted molar refractivity (Wildman–Crippen MR) is 84.3 cm³/mol. The largest absolute Gasteiger partial charge is 0.416 e. The molecule has 24 heavy (non-hydrogen) atoms. The summed E-state index contributed by atoms with van der Waals surface area (Å²) in [4.78, 5) is 12.2. The Morgan fingerprint density at radius 1 is 1.42 bits per heavy atom. The van der Waals surface area contributed by atoms with E-state index in [9.17, 15) is 18.0 Å². The number of halogens is 3. The van der Waals surface area contributed by atoms with Gasteiger partial charge in [-0.3, -0.25) is 9.89 Å². The zero-order chi connectivity index (χ0) is 17.6. The minimum Gasteiger partial charge on any atom is -0.345 e. The maximum atomic E-state index is 12.9. The molecule has 1 aromatic heterocycles. The van der Waals surface area contributed by atoms with E-state index in [4.69, 9.17) is 0 Å². The first kappa shape index (κ1) is 17.8. The van der Waals surface area contributed by atoms with Crippen LogP contribution in [0.5, 0.6) is 0 Å². The molecule has 2 aromatic rings. The van der Waals surface area contributed by atoms with E-state index >= 15 is 0 Å². The smallest absolute Gasteiger partial charge is 0.345 e. The van der Waals surface area contributed by atoms with Crippen molar-refractivity contribution in [3.8, 4) is 0 Å². The molecule has 0 saturated carbocycles. The standard InChI is InChI=1S/C17H18F3N3O/c1-2-3-4-8-15(23-16(24)13-10-21-22-11-13)12-6-5-7-14(9-12)17(18,19)20/h2,5-7,9-11,15H,1,3-4,8H2,(H,21,22)(H,23,24)/t15-/m0/s1. The molecule has 7 heteroatoms. The van der Waals surface area contributed by atoms with Crippen molar-refractivity contribution in [1.29, 1.82) is 0 Å². The van der Waals surface area contributed by atoms with E-state index in [0.717, 1.165) is 18.6 Å². The zero-order valence-corrected chi connectivity index (χ0v) is 12.9. The summed E-state index contributed by atoms with van der Waals surface area (Å²) >= 11 is 0. The lowest BCUT2D eigenvalue weighted by Gasteiger charge is -2.20. The van der Waals surface area contributed by atoms with Crippen molar-refractivity contribution in [2.24, 2.45) is 0 Å². The van der Waals surface area contributed by atoms with Crippen LogP contribution in [0.15, 0.2) is 49.3 Å². The molecule has 1 heterocycles. The van der Waals surface area contributed by atoms with Crippen LogP contribution in [0.2, 0.25) is 0 Å². The van der Waals surface area contributed by atoms with E-state index in [1.165, 1.54) is 18.5 Å². The second-order valence-corrected chi connectivity index (χ2v) is 5.36. The van der Waals surface area contributed by atoms with E-state index in [0.29, 0.717) is 24.0 Å². The topological polar surface area (TPSA) is 57.8 Å². The molecule has 0 unspecified atom stereocenters. The third-order valence-corrected chi connectivity index (χ3v) is 3.58. The molecule has 1 amide bonds. The Kier molecular flexibility index (Phi) is 5.78. The molecule has 128 valence electrons. The highest BCUT2D eigenvalue weighted by Gasteiger charge is 2.31.